The summed E-state index contributed by atoms with van der Waals surface area (Å²) in [6.07, 6.45) is 5.14. The van der Waals surface area contributed by atoms with E-state index in [2.05, 4.69) is 42.2 Å². The Kier molecular flexibility index (Phi) is 6.61. The Bertz CT molecular complexity index is 307. The lowest BCUT2D eigenvalue weighted by atomic mass is 10.2. The highest BCUT2D eigenvalue weighted by Gasteiger charge is 2.00. The maximum atomic E-state index is 5.59. The Labute approximate surface area is 112 Å². The summed E-state index contributed by atoms with van der Waals surface area (Å²) in [4.78, 5) is 4.26. The topological polar surface area (TPSA) is 24.9 Å². The summed E-state index contributed by atoms with van der Waals surface area (Å²) in [5.41, 5.74) is 0. The van der Waals surface area contributed by atoms with Gasteiger partial charge in [0.05, 0.1) is 4.47 Å². The number of hydrogen-bond donors (Lipinski definition) is 1. The van der Waals surface area contributed by atoms with Gasteiger partial charge in [0.15, 0.2) is 0 Å². The molecule has 0 saturated carbocycles. The summed E-state index contributed by atoms with van der Waals surface area (Å²) in [5.74, 6) is 1.64. The van der Waals surface area contributed by atoms with Crippen LogP contribution in [0.25, 0.3) is 0 Å². The van der Waals surface area contributed by atoms with E-state index in [4.69, 9.17) is 11.6 Å². The molecule has 0 fully saturated rings. The van der Waals surface area contributed by atoms with Crippen molar-refractivity contribution < 1.29 is 0 Å². The minimum absolute atomic E-state index is 0.750. The van der Waals surface area contributed by atoms with E-state index < -0.39 is 0 Å². The summed E-state index contributed by atoms with van der Waals surface area (Å²) >= 11 is 12.4. The zero-order valence-electron chi connectivity index (χ0n) is 8.27. The molecule has 0 aliphatic heterocycles. The Morgan fingerprint density at radius 3 is 2.73 bits per heavy atom. The van der Waals surface area contributed by atoms with E-state index in [0.29, 0.717) is 0 Å². The van der Waals surface area contributed by atoms with Crippen molar-refractivity contribution in [3.8, 4) is 0 Å². The molecule has 2 nitrogen and oxygen atoms in total. The number of hydrogen-bond acceptors (Lipinski definition) is 2. The van der Waals surface area contributed by atoms with Gasteiger partial charge in [-0.25, -0.2) is 4.98 Å². The summed E-state index contributed by atoms with van der Waals surface area (Å²) in [5, 5.41) is 3.28. The van der Waals surface area contributed by atoms with Gasteiger partial charge in [0.25, 0.3) is 0 Å². The summed E-state index contributed by atoms with van der Waals surface area (Å²) in [6, 6.07) is 1.98. The largest absolute Gasteiger partial charge is 0.369 e. The van der Waals surface area contributed by atoms with E-state index in [1.165, 1.54) is 0 Å². The number of rotatable bonds is 6. The molecule has 0 bridgehead atoms. The first kappa shape index (κ1) is 13.3. The third-order valence-electron chi connectivity index (χ3n) is 1.91. The molecule has 15 heavy (non-hydrogen) atoms. The molecule has 1 aromatic heterocycles. The Balaban J connectivity index is 2.31. The van der Waals surface area contributed by atoms with Crippen LogP contribution in [-0.4, -0.2) is 17.4 Å². The maximum Gasteiger partial charge on any atom is 0.140 e. The molecule has 0 aromatic carbocycles. The van der Waals surface area contributed by atoms with Crippen molar-refractivity contribution in [2.45, 2.75) is 19.3 Å². The van der Waals surface area contributed by atoms with Gasteiger partial charge in [-0.1, -0.05) is 6.42 Å². The van der Waals surface area contributed by atoms with Crippen LogP contribution in [0.5, 0.6) is 0 Å². The number of nitrogens with one attached hydrogen (secondary N) is 1. The lowest BCUT2D eigenvalue weighted by molar-refractivity contribution is 0.745. The standard InChI is InChI=1S/C10H13Br2ClN2/c11-8-6-9(12)10(15-7-8)14-5-3-1-2-4-13/h6-7H,1-5H2,(H,14,15). The molecule has 1 heterocycles. The fourth-order valence-corrected chi connectivity index (χ4v) is 2.46. The fraction of sp³-hybridized carbons (Fsp3) is 0.500. The van der Waals surface area contributed by atoms with Gasteiger partial charge in [-0.2, -0.15) is 0 Å². The molecular weight excluding hydrogens is 343 g/mol. The lowest BCUT2D eigenvalue weighted by Gasteiger charge is -2.07. The predicted molar refractivity (Wildman–Crippen MR) is 72.7 cm³/mol. The SMILES string of the molecule is ClCCCCCNc1ncc(Br)cc1Br. The Hall–Kier alpha value is 0.200. The number of unbranched alkanes of at least 4 members (excludes halogenated alkanes) is 2. The number of pyridine rings is 1. The quantitative estimate of drug-likeness (QED) is 0.603. The molecule has 1 rings (SSSR count). The Morgan fingerprint density at radius 1 is 1.27 bits per heavy atom. The second kappa shape index (κ2) is 7.47. The molecule has 0 radical (unpaired) electrons. The number of alkyl halides is 1. The van der Waals surface area contributed by atoms with Gasteiger partial charge in [0, 0.05) is 23.1 Å². The third-order valence-corrected chi connectivity index (χ3v) is 3.22. The van der Waals surface area contributed by atoms with Crippen LogP contribution < -0.4 is 5.32 Å². The molecule has 1 aromatic rings. The average molecular weight is 356 g/mol. The normalized spacial score (nSPS) is 10.3. The first-order chi connectivity index (χ1) is 7.24. The molecule has 0 saturated heterocycles. The van der Waals surface area contributed by atoms with Gasteiger partial charge in [-0.15, -0.1) is 11.6 Å². The minimum Gasteiger partial charge on any atom is -0.369 e. The van der Waals surface area contributed by atoms with Gasteiger partial charge >= 0.3 is 0 Å². The van der Waals surface area contributed by atoms with Crippen LogP contribution in [0.4, 0.5) is 5.82 Å². The minimum atomic E-state index is 0.750. The highest BCUT2D eigenvalue weighted by molar-refractivity contribution is 9.11. The zero-order chi connectivity index (χ0) is 11.1. The predicted octanol–water partition coefficient (Wildman–Crippen LogP) is 4.43. The molecule has 0 aliphatic rings. The van der Waals surface area contributed by atoms with E-state index in [0.717, 1.165) is 46.5 Å². The van der Waals surface area contributed by atoms with Crippen LogP contribution >= 0.6 is 43.5 Å². The fourth-order valence-electron chi connectivity index (χ4n) is 1.15. The van der Waals surface area contributed by atoms with Crippen LogP contribution in [0.3, 0.4) is 0 Å². The van der Waals surface area contributed by atoms with E-state index in [1.807, 2.05) is 6.07 Å². The van der Waals surface area contributed by atoms with Crippen LogP contribution in [0.2, 0.25) is 0 Å². The molecule has 84 valence electrons. The van der Waals surface area contributed by atoms with Crippen molar-refractivity contribution in [2.75, 3.05) is 17.7 Å². The van der Waals surface area contributed by atoms with Gasteiger partial charge in [-0.3, -0.25) is 0 Å². The van der Waals surface area contributed by atoms with Gasteiger partial charge < -0.3 is 5.32 Å². The third kappa shape index (κ3) is 5.18. The van der Waals surface area contributed by atoms with Crippen molar-refractivity contribution in [1.82, 2.24) is 4.98 Å². The molecule has 5 heteroatoms. The highest BCUT2D eigenvalue weighted by Crippen LogP contribution is 2.23. The molecule has 0 aliphatic carbocycles. The first-order valence-corrected chi connectivity index (χ1v) is 6.97. The van der Waals surface area contributed by atoms with Crippen molar-refractivity contribution in [2.24, 2.45) is 0 Å². The summed E-state index contributed by atoms with van der Waals surface area (Å²) < 4.78 is 1.95. The summed E-state index contributed by atoms with van der Waals surface area (Å²) in [7, 11) is 0. The second-order valence-electron chi connectivity index (χ2n) is 3.16. The van der Waals surface area contributed by atoms with E-state index in [9.17, 15) is 0 Å². The molecule has 0 amide bonds. The number of nitrogens with zero attached hydrogens (tertiary/aromatic N) is 1. The lowest BCUT2D eigenvalue weighted by Crippen LogP contribution is -2.03. The van der Waals surface area contributed by atoms with Crippen molar-refractivity contribution in [3.63, 3.8) is 0 Å². The molecule has 1 N–H and O–H groups in total. The van der Waals surface area contributed by atoms with Gasteiger partial charge in [0.1, 0.15) is 5.82 Å². The van der Waals surface area contributed by atoms with Crippen LogP contribution in [-0.2, 0) is 0 Å². The van der Waals surface area contributed by atoms with Crippen LogP contribution in [0.15, 0.2) is 21.2 Å². The van der Waals surface area contributed by atoms with E-state index in [-0.39, 0.29) is 0 Å². The number of aromatic nitrogens is 1. The van der Waals surface area contributed by atoms with Crippen LogP contribution in [0.1, 0.15) is 19.3 Å². The maximum absolute atomic E-state index is 5.59. The molecule has 0 unspecified atom stereocenters. The number of halogens is 3. The van der Waals surface area contributed by atoms with E-state index >= 15 is 0 Å². The Morgan fingerprint density at radius 2 is 2.07 bits per heavy atom. The highest BCUT2D eigenvalue weighted by atomic mass is 79.9. The van der Waals surface area contributed by atoms with Gasteiger partial charge in [0.2, 0.25) is 0 Å². The molecule has 0 spiro atoms. The number of anilines is 1. The second-order valence-corrected chi connectivity index (χ2v) is 5.31. The first-order valence-electron chi connectivity index (χ1n) is 4.85. The average Bonchev–Trinajstić information content (AvgIpc) is 2.20. The zero-order valence-corrected chi connectivity index (χ0v) is 12.2. The molecule has 0 atom stereocenters. The van der Waals surface area contributed by atoms with E-state index in [1.54, 1.807) is 6.20 Å². The summed E-state index contributed by atoms with van der Waals surface area (Å²) in [6.45, 7) is 0.935. The van der Waals surface area contributed by atoms with Gasteiger partial charge in [-0.05, 0) is 50.8 Å². The van der Waals surface area contributed by atoms with Crippen molar-refractivity contribution in [1.29, 1.82) is 0 Å². The molecular formula is C10H13Br2ClN2. The van der Waals surface area contributed by atoms with Crippen LogP contribution in [0, 0.1) is 0 Å². The van der Waals surface area contributed by atoms with Crippen molar-refractivity contribution in [3.05, 3.63) is 21.2 Å². The monoisotopic (exact) mass is 354 g/mol. The smallest absolute Gasteiger partial charge is 0.140 e. The van der Waals surface area contributed by atoms with Crippen molar-refractivity contribution >= 4 is 49.3 Å².